The molecule has 1 saturated heterocycles. The molecule has 0 unspecified atom stereocenters. The molecule has 1 aliphatic heterocycles. The first-order valence-corrected chi connectivity index (χ1v) is 9.76. The predicted molar refractivity (Wildman–Crippen MR) is 109 cm³/mol. The van der Waals surface area contributed by atoms with Gasteiger partial charge < -0.3 is 15.0 Å². The van der Waals surface area contributed by atoms with E-state index in [9.17, 15) is 4.79 Å². The number of anilines is 1. The van der Waals surface area contributed by atoms with Gasteiger partial charge in [-0.3, -0.25) is 4.79 Å². The number of tetrazole rings is 1. The maximum Gasteiger partial charge on any atom is 0.260 e. The van der Waals surface area contributed by atoms with Crippen LogP contribution in [0, 0.1) is 0 Å². The van der Waals surface area contributed by atoms with Crippen LogP contribution in [0.25, 0.3) is 11.4 Å². The Morgan fingerprint density at radius 1 is 1.14 bits per heavy atom. The molecule has 1 N–H and O–H groups in total. The fraction of sp³-hybridized carbons (Fsp3) is 0.333. The molecule has 29 heavy (non-hydrogen) atoms. The van der Waals surface area contributed by atoms with Crippen LogP contribution >= 0.6 is 0 Å². The number of rotatable bonds is 7. The monoisotopic (exact) mass is 392 g/mol. The van der Waals surface area contributed by atoms with E-state index >= 15 is 0 Å². The van der Waals surface area contributed by atoms with Gasteiger partial charge in [0.05, 0.1) is 0 Å². The van der Waals surface area contributed by atoms with E-state index in [-0.39, 0.29) is 12.5 Å². The van der Waals surface area contributed by atoms with Crippen LogP contribution in [0.3, 0.4) is 0 Å². The van der Waals surface area contributed by atoms with Crippen LogP contribution in [-0.2, 0) is 18.4 Å². The number of carbonyl (C=O) groups excluding carboxylic acids is 1. The summed E-state index contributed by atoms with van der Waals surface area (Å²) in [6.45, 7) is 2.33. The molecule has 3 aromatic rings. The predicted octanol–water partition coefficient (Wildman–Crippen LogP) is 2.49. The maximum absolute atomic E-state index is 12.3. The number of hydrogen-bond donors (Lipinski definition) is 1. The van der Waals surface area contributed by atoms with Crippen LogP contribution in [0.5, 0.6) is 5.75 Å². The smallest absolute Gasteiger partial charge is 0.260 e. The quantitative estimate of drug-likeness (QED) is 0.665. The minimum atomic E-state index is 0.0512. The third-order valence-electron chi connectivity index (χ3n) is 5.01. The van der Waals surface area contributed by atoms with E-state index < -0.39 is 0 Å². The molecular weight excluding hydrogens is 368 g/mol. The van der Waals surface area contributed by atoms with Crippen molar-refractivity contribution < 1.29 is 9.53 Å². The van der Waals surface area contributed by atoms with Gasteiger partial charge in [-0.05, 0) is 41.5 Å². The first-order chi connectivity index (χ1) is 14.2. The van der Waals surface area contributed by atoms with Gasteiger partial charge in [-0.25, -0.2) is 4.68 Å². The third kappa shape index (κ3) is 4.53. The van der Waals surface area contributed by atoms with Crippen molar-refractivity contribution in [2.45, 2.75) is 19.4 Å². The standard InChI is InChI=1S/C21H24N6O2/c1-26-21(23-24-25-26)16-8-6-9-18(13-16)22-14-17-7-2-3-10-19(17)29-15-20(28)27-11-4-5-12-27/h2-3,6-10,13,22H,4-5,11-12,14-15H2,1H3. The molecule has 2 heterocycles. The average Bonchev–Trinajstić information content (AvgIpc) is 3.43. The summed E-state index contributed by atoms with van der Waals surface area (Å²) in [5.74, 6) is 1.48. The van der Waals surface area contributed by atoms with E-state index in [1.807, 2.05) is 60.5 Å². The van der Waals surface area contributed by atoms with E-state index in [0.717, 1.165) is 48.5 Å². The Balaban J connectivity index is 1.40. The molecule has 8 nitrogen and oxygen atoms in total. The average molecular weight is 392 g/mol. The highest BCUT2D eigenvalue weighted by Gasteiger charge is 2.18. The number of likely N-dealkylation sites (tertiary alicyclic amines) is 1. The molecular formula is C21H24N6O2. The Morgan fingerprint density at radius 3 is 2.76 bits per heavy atom. The van der Waals surface area contributed by atoms with E-state index in [2.05, 4.69) is 20.8 Å². The lowest BCUT2D eigenvalue weighted by Crippen LogP contribution is -2.32. The highest BCUT2D eigenvalue weighted by molar-refractivity contribution is 5.78. The van der Waals surface area contributed by atoms with E-state index in [4.69, 9.17) is 4.74 Å². The number of nitrogens with zero attached hydrogens (tertiary/aromatic N) is 5. The zero-order valence-electron chi connectivity index (χ0n) is 16.4. The lowest BCUT2D eigenvalue weighted by Gasteiger charge is -2.17. The Hall–Kier alpha value is -3.42. The summed E-state index contributed by atoms with van der Waals surface area (Å²) in [5, 5.41) is 15.0. The van der Waals surface area contributed by atoms with Crippen LogP contribution in [0.1, 0.15) is 18.4 Å². The Morgan fingerprint density at radius 2 is 1.97 bits per heavy atom. The molecule has 0 radical (unpaired) electrons. The molecule has 4 rings (SSSR count). The van der Waals surface area contributed by atoms with Gasteiger partial charge in [-0.15, -0.1) is 5.10 Å². The minimum absolute atomic E-state index is 0.0512. The molecule has 0 spiro atoms. The summed E-state index contributed by atoms with van der Waals surface area (Å²) in [7, 11) is 1.81. The van der Waals surface area contributed by atoms with Crippen molar-refractivity contribution in [3.05, 3.63) is 54.1 Å². The van der Waals surface area contributed by atoms with E-state index in [1.165, 1.54) is 0 Å². The van der Waals surface area contributed by atoms with Crippen LogP contribution in [0.2, 0.25) is 0 Å². The highest BCUT2D eigenvalue weighted by Crippen LogP contribution is 2.23. The second-order valence-electron chi connectivity index (χ2n) is 7.04. The van der Waals surface area contributed by atoms with Crippen molar-refractivity contribution in [3.63, 3.8) is 0 Å². The van der Waals surface area contributed by atoms with Crippen LogP contribution in [0.4, 0.5) is 5.69 Å². The zero-order chi connectivity index (χ0) is 20.1. The van der Waals surface area contributed by atoms with E-state index in [0.29, 0.717) is 12.4 Å². The number of aromatic nitrogens is 4. The molecule has 2 aromatic carbocycles. The maximum atomic E-state index is 12.3. The fourth-order valence-corrected chi connectivity index (χ4v) is 3.43. The summed E-state index contributed by atoms with van der Waals surface area (Å²) in [6, 6.07) is 15.7. The lowest BCUT2D eigenvalue weighted by atomic mass is 10.1. The molecule has 1 aromatic heterocycles. The van der Waals surface area contributed by atoms with Crippen molar-refractivity contribution >= 4 is 11.6 Å². The first kappa shape index (κ1) is 18.9. The van der Waals surface area contributed by atoms with Gasteiger partial charge in [-0.1, -0.05) is 30.3 Å². The lowest BCUT2D eigenvalue weighted by molar-refractivity contribution is -0.132. The van der Waals surface area contributed by atoms with Crippen molar-refractivity contribution in [2.75, 3.05) is 25.0 Å². The Bertz CT molecular complexity index is 981. The van der Waals surface area contributed by atoms with Crippen molar-refractivity contribution in [1.82, 2.24) is 25.1 Å². The van der Waals surface area contributed by atoms with Crippen LogP contribution in [0.15, 0.2) is 48.5 Å². The number of benzene rings is 2. The number of amides is 1. The molecule has 150 valence electrons. The van der Waals surface area contributed by atoms with Gasteiger partial charge in [0.1, 0.15) is 5.75 Å². The summed E-state index contributed by atoms with van der Waals surface area (Å²) >= 11 is 0. The summed E-state index contributed by atoms with van der Waals surface area (Å²) in [5.41, 5.74) is 2.88. The molecule has 0 bridgehead atoms. The molecule has 0 saturated carbocycles. The first-order valence-electron chi connectivity index (χ1n) is 9.76. The SMILES string of the molecule is Cn1nnnc1-c1cccc(NCc2ccccc2OCC(=O)N2CCCC2)c1. The largest absolute Gasteiger partial charge is 0.483 e. The van der Waals surface area contributed by atoms with Crippen molar-refractivity contribution in [3.8, 4) is 17.1 Å². The van der Waals surface area contributed by atoms with Crippen LogP contribution < -0.4 is 10.1 Å². The summed E-state index contributed by atoms with van der Waals surface area (Å²) in [4.78, 5) is 14.1. The number of para-hydroxylation sites is 1. The Kier molecular flexibility index (Phi) is 5.69. The normalized spacial score (nSPS) is 13.5. The van der Waals surface area contributed by atoms with E-state index in [1.54, 1.807) is 4.68 Å². The fourth-order valence-electron chi connectivity index (χ4n) is 3.43. The Labute approximate surface area is 169 Å². The van der Waals surface area contributed by atoms with Gasteiger partial charge >= 0.3 is 0 Å². The molecule has 0 atom stereocenters. The second kappa shape index (κ2) is 8.72. The third-order valence-corrected chi connectivity index (χ3v) is 5.01. The highest BCUT2D eigenvalue weighted by atomic mass is 16.5. The summed E-state index contributed by atoms with van der Waals surface area (Å²) < 4.78 is 7.48. The topological polar surface area (TPSA) is 85.2 Å². The number of carbonyl (C=O) groups is 1. The van der Waals surface area contributed by atoms with Crippen molar-refractivity contribution in [1.29, 1.82) is 0 Å². The molecule has 1 amide bonds. The van der Waals surface area contributed by atoms with Gasteiger partial charge in [0.2, 0.25) is 0 Å². The number of hydrogen-bond acceptors (Lipinski definition) is 6. The molecule has 1 fully saturated rings. The second-order valence-corrected chi connectivity index (χ2v) is 7.04. The number of ether oxygens (including phenoxy) is 1. The van der Waals surface area contributed by atoms with Crippen molar-refractivity contribution in [2.24, 2.45) is 7.05 Å². The minimum Gasteiger partial charge on any atom is -0.483 e. The number of aryl methyl sites for hydroxylation is 1. The molecule has 1 aliphatic rings. The number of nitrogens with one attached hydrogen (secondary N) is 1. The molecule has 8 heteroatoms. The van der Waals surface area contributed by atoms with Gasteiger partial charge in [0, 0.05) is 43.5 Å². The van der Waals surface area contributed by atoms with Crippen LogP contribution in [-0.4, -0.2) is 50.7 Å². The van der Waals surface area contributed by atoms with Gasteiger partial charge in [-0.2, -0.15) is 0 Å². The summed E-state index contributed by atoms with van der Waals surface area (Å²) in [6.07, 6.45) is 2.16. The zero-order valence-corrected chi connectivity index (χ0v) is 16.4. The molecule has 0 aliphatic carbocycles. The van der Waals surface area contributed by atoms with Gasteiger partial charge in [0.25, 0.3) is 5.91 Å². The van der Waals surface area contributed by atoms with Gasteiger partial charge in [0.15, 0.2) is 12.4 Å².